The summed E-state index contributed by atoms with van der Waals surface area (Å²) in [5, 5.41) is 0. The SMILES string of the molecule is Cc1ccc(C(C)(C)c2ccc(Oc3c(F)c(F)c(-c4c(F)c(F)c(C)c(F)c4F)c(F)c3F)cc2)cc1. The molecule has 0 spiro atoms. The molecule has 0 fully saturated rings. The van der Waals surface area contributed by atoms with Crippen molar-refractivity contribution in [2.75, 3.05) is 0 Å². The number of ether oxygens (including phenoxy) is 1. The second kappa shape index (κ2) is 9.78. The molecule has 1 nitrogen and oxygen atoms in total. The van der Waals surface area contributed by atoms with Gasteiger partial charge in [0.15, 0.2) is 34.9 Å². The van der Waals surface area contributed by atoms with Crippen LogP contribution in [0.3, 0.4) is 0 Å². The predicted molar refractivity (Wildman–Crippen MR) is 126 cm³/mol. The molecular weight excluding hydrogens is 516 g/mol. The molecule has 198 valence electrons. The fourth-order valence-electron chi connectivity index (χ4n) is 4.08. The first-order chi connectivity index (χ1) is 17.8. The molecule has 0 unspecified atom stereocenters. The lowest BCUT2D eigenvalue weighted by molar-refractivity contribution is 0.366. The van der Waals surface area contributed by atoms with Gasteiger partial charge in [-0.05, 0) is 37.1 Å². The van der Waals surface area contributed by atoms with Crippen LogP contribution in [0.2, 0.25) is 0 Å². The Bertz CT molecular complexity index is 1480. The van der Waals surface area contributed by atoms with Gasteiger partial charge in [0.2, 0.25) is 17.4 Å². The van der Waals surface area contributed by atoms with Crippen LogP contribution >= 0.6 is 0 Å². The van der Waals surface area contributed by atoms with E-state index in [9.17, 15) is 35.1 Å². The molecule has 0 aliphatic rings. The Labute approximate surface area is 213 Å². The van der Waals surface area contributed by atoms with Gasteiger partial charge < -0.3 is 4.74 Å². The van der Waals surface area contributed by atoms with Crippen LogP contribution in [0.25, 0.3) is 11.1 Å². The summed E-state index contributed by atoms with van der Waals surface area (Å²) >= 11 is 0. The van der Waals surface area contributed by atoms with Crippen molar-refractivity contribution in [2.45, 2.75) is 33.1 Å². The Kier molecular flexibility index (Phi) is 6.99. The van der Waals surface area contributed by atoms with Crippen molar-refractivity contribution in [3.8, 4) is 22.6 Å². The minimum atomic E-state index is -2.29. The molecule has 4 aromatic rings. The van der Waals surface area contributed by atoms with E-state index in [1.54, 1.807) is 12.1 Å². The molecule has 38 heavy (non-hydrogen) atoms. The Hall–Kier alpha value is -3.88. The van der Waals surface area contributed by atoms with Crippen molar-refractivity contribution >= 4 is 0 Å². The van der Waals surface area contributed by atoms with Crippen molar-refractivity contribution in [1.29, 1.82) is 0 Å². The number of rotatable bonds is 5. The summed E-state index contributed by atoms with van der Waals surface area (Å²) in [6, 6.07) is 13.6. The van der Waals surface area contributed by atoms with E-state index >= 15 is 0 Å². The van der Waals surface area contributed by atoms with E-state index in [1.807, 2.05) is 45.0 Å². The molecule has 0 saturated carbocycles. The van der Waals surface area contributed by atoms with Gasteiger partial charge in [0.1, 0.15) is 5.75 Å². The van der Waals surface area contributed by atoms with Crippen molar-refractivity contribution in [2.24, 2.45) is 0 Å². The fraction of sp³-hybridized carbons (Fsp3) is 0.172. The van der Waals surface area contributed by atoms with Gasteiger partial charge in [-0.25, -0.2) is 26.3 Å². The monoisotopic (exact) mass is 536 g/mol. The standard InChI is InChI=1S/C29H20F8O/c1-13-5-7-15(8-6-13)29(3,4)16-9-11-17(12-10-16)38-28-26(36)24(34)19(25(35)27(28)37)18-22(32)20(30)14(2)21(31)23(18)33/h5-12H,1-4H3. The molecule has 0 radical (unpaired) electrons. The summed E-state index contributed by atoms with van der Waals surface area (Å²) in [7, 11) is 0. The van der Waals surface area contributed by atoms with Crippen LogP contribution in [-0.4, -0.2) is 0 Å². The van der Waals surface area contributed by atoms with E-state index in [2.05, 4.69) is 0 Å². The molecule has 0 saturated heterocycles. The summed E-state index contributed by atoms with van der Waals surface area (Å²) in [5.74, 6) is -19.0. The van der Waals surface area contributed by atoms with Gasteiger partial charge >= 0.3 is 0 Å². The maximum absolute atomic E-state index is 14.8. The molecule has 0 bridgehead atoms. The number of benzene rings is 4. The van der Waals surface area contributed by atoms with Gasteiger partial charge in [0, 0.05) is 11.0 Å². The molecule has 0 N–H and O–H groups in total. The zero-order valence-electron chi connectivity index (χ0n) is 20.6. The lowest BCUT2D eigenvalue weighted by atomic mass is 9.78. The van der Waals surface area contributed by atoms with E-state index < -0.39 is 74.4 Å². The lowest BCUT2D eigenvalue weighted by Gasteiger charge is -2.26. The molecule has 0 heterocycles. The van der Waals surface area contributed by atoms with E-state index in [0.29, 0.717) is 6.92 Å². The van der Waals surface area contributed by atoms with Crippen LogP contribution in [0.5, 0.6) is 11.5 Å². The molecule has 0 aromatic heterocycles. The fourth-order valence-corrected chi connectivity index (χ4v) is 4.08. The van der Waals surface area contributed by atoms with Crippen molar-refractivity contribution in [3.63, 3.8) is 0 Å². The van der Waals surface area contributed by atoms with Gasteiger partial charge in [-0.3, -0.25) is 0 Å². The second-order valence-corrected chi connectivity index (χ2v) is 9.33. The number of hydrogen-bond acceptors (Lipinski definition) is 1. The smallest absolute Gasteiger partial charge is 0.205 e. The largest absolute Gasteiger partial charge is 0.451 e. The topological polar surface area (TPSA) is 9.23 Å². The van der Waals surface area contributed by atoms with Crippen LogP contribution in [0, 0.1) is 60.4 Å². The van der Waals surface area contributed by atoms with Crippen LogP contribution in [0.1, 0.15) is 36.1 Å². The average molecular weight is 536 g/mol. The van der Waals surface area contributed by atoms with Gasteiger partial charge in [0.05, 0.1) is 11.1 Å². The number of hydrogen-bond donors (Lipinski definition) is 0. The minimum Gasteiger partial charge on any atom is -0.451 e. The third-order valence-electron chi connectivity index (χ3n) is 6.53. The highest BCUT2D eigenvalue weighted by Crippen LogP contribution is 2.41. The van der Waals surface area contributed by atoms with Crippen molar-refractivity contribution < 1.29 is 39.9 Å². The molecule has 0 amide bonds. The molecule has 0 atom stereocenters. The Balaban J connectivity index is 1.74. The van der Waals surface area contributed by atoms with Crippen LogP contribution < -0.4 is 4.74 Å². The Morgan fingerprint density at radius 3 is 1.29 bits per heavy atom. The molecule has 4 aromatic carbocycles. The third-order valence-corrected chi connectivity index (χ3v) is 6.53. The predicted octanol–water partition coefficient (Wildman–Crippen LogP) is 9.20. The van der Waals surface area contributed by atoms with E-state index in [-0.39, 0.29) is 5.75 Å². The summed E-state index contributed by atoms with van der Waals surface area (Å²) in [4.78, 5) is 0. The van der Waals surface area contributed by atoms with Crippen molar-refractivity contribution in [1.82, 2.24) is 0 Å². The van der Waals surface area contributed by atoms with Gasteiger partial charge in [-0.1, -0.05) is 55.8 Å². The van der Waals surface area contributed by atoms with E-state index in [0.717, 1.165) is 16.7 Å². The average Bonchev–Trinajstić information content (AvgIpc) is 2.90. The summed E-state index contributed by atoms with van der Waals surface area (Å²) in [6.45, 7) is 6.53. The van der Waals surface area contributed by atoms with Crippen LogP contribution in [0.15, 0.2) is 48.5 Å². The Morgan fingerprint density at radius 1 is 0.500 bits per heavy atom. The van der Waals surface area contributed by atoms with Crippen LogP contribution in [-0.2, 0) is 5.41 Å². The minimum absolute atomic E-state index is 0.206. The second-order valence-electron chi connectivity index (χ2n) is 9.33. The summed E-state index contributed by atoms with van der Waals surface area (Å²) < 4.78 is 121. The Morgan fingerprint density at radius 2 is 0.868 bits per heavy atom. The summed E-state index contributed by atoms with van der Waals surface area (Å²) in [5.41, 5.74) is -2.61. The quantitative estimate of drug-likeness (QED) is 0.183. The van der Waals surface area contributed by atoms with Gasteiger partial charge in [-0.2, -0.15) is 8.78 Å². The zero-order chi connectivity index (χ0) is 28.1. The van der Waals surface area contributed by atoms with E-state index in [4.69, 9.17) is 4.74 Å². The van der Waals surface area contributed by atoms with Gasteiger partial charge in [-0.15, -0.1) is 0 Å². The van der Waals surface area contributed by atoms with Gasteiger partial charge in [0.25, 0.3) is 0 Å². The number of aryl methyl sites for hydroxylation is 1. The molecule has 4 rings (SSSR count). The highest BCUT2D eigenvalue weighted by Gasteiger charge is 2.34. The van der Waals surface area contributed by atoms with Crippen molar-refractivity contribution in [3.05, 3.63) is 117 Å². The summed E-state index contributed by atoms with van der Waals surface area (Å²) in [6.07, 6.45) is 0. The first-order valence-electron chi connectivity index (χ1n) is 11.3. The lowest BCUT2D eigenvalue weighted by Crippen LogP contribution is -2.18. The first-order valence-corrected chi connectivity index (χ1v) is 11.3. The highest BCUT2D eigenvalue weighted by atomic mass is 19.2. The highest BCUT2D eigenvalue weighted by molar-refractivity contribution is 5.69. The zero-order valence-corrected chi connectivity index (χ0v) is 20.6. The maximum Gasteiger partial charge on any atom is 0.205 e. The normalized spacial score (nSPS) is 11.7. The maximum atomic E-state index is 14.8. The van der Waals surface area contributed by atoms with Crippen LogP contribution in [0.4, 0.5) is 35.1 Å². The molecular formula is C29H20F8O. The molecule has 0 aliphatic carbocycles. The molecule has 0 aliphatic heterocycles. The molecule has 9 heteroatoms. The number of halogens is 8. The first kappa shape index (κ1) is 27.2. The van der Waals surface area contributed by atoms with E-state index in [1.165, 1.54) is 12.1 Å². The third kappa shape index (κ3) is 4.40.